The van der Waals surface area contributed by atoms with Crippen molar-refractivity contribution in [2.24, 2.45) is 0 Å². The quantitative estimate of drug-likeness (QED) is 0.827. The van der Waals surface area contributed by atoms with Crippen molar-refractivity contribution in [3.05, 3.63) is 42.5 Å². The number of sulfonamides is 1. The van der Waals surface area contributed by atoms with Gasteiger partial charge < -0.3 is 14.6 Å². The standard InChI is InChI=1S/C15H18N4O4S/c1-11(20)18-12-2-4-14(5-3-12)24(21,22)17-8-13-9-19-7-6-16-15(19)10-23-13/h2-7,13,17H,8-10H2,1H3,(H,18,20)/t13-/m0/s1. The number of carbonyl (C=O) groups is 1. The molecule has 0 saturated carbocycles. The van der Waals surface area contributed by atoms with Crippen molar-refractivity contribution in [1.82, 2.24) is 14.3 Å². The molecule has 3 rings (SSSR count). The first-order chi connectivity index (χ1) is 11.4. The largest absolute Gasteiger partial charge is 0.367 e. The van der Waals surface area contributed by atoms with Crippen LogP contribution in [0, 0.1) is 0 Å². The molecule has 2 heterocycles. The molecule has 2 aromatic rings. The van der Waals surface area contributed by atoms with Crippen molar-refractivity contribution in [2.75, 3.05) is 11.9 Å². The zero-order chi connectivity index (χ0) is 17.2. The van der Waals surface area contributed by atoms with Crippen molar-refractivity contribution in [3.63, 3.8) is 0 Å². The molecule has 9 heteroatoms. The third kappa shape index (κ3) is 3.81. The van der Waals surface area contributed by atoms with Gasteiger partial charge in [-0.05, 0) is 24.3 Å². The molecule has 0 radical (unpaired) electrons. The van der Waals surface area contributed by atoms with E-state index in [0.717, 1.165) is 5.82 Å². The first-order valence-corrected chi connectivity index (χ1v) is 8.91. The fourth-order valence-electron chi connectivity index (χ4n) is 2.44. The molecule has 1 atom stereocenters. The van der Waals surface area contributed by atoms with Crippen LogP contribution in [0.5, 0.6) is 0 Å². The van der Waals surface area contributed by atoms with Gasteiger partial charge in [0, 0.05) is 31.5 Å². The highest BCUT2D eigenvalue weighted by Crippen LogP contribution is 2.15. The number of hydrogen-bond donors (Lipinski definition) is 2. The van der Waals surface area contributed by atoms with E-state index in [1.165, 1.54) is 19.1 Å². The minimum atomic E-state index is -3.64. The van der Waals surface area contributed by atoms with Crippen molar-refractivity contribution in [3.8, 4) is 0 Å². The zero-order valence-corrected chi connectivity index (χ0v) is 13.9. The Balaban J connectivity index is 1.61. The lowest BCUT2D eigenvalue weighted by atomic mass is 10.3. The Morgan fingerprint density at radius 1 is 1.38 bits per heavy atom. The number of ether oxygens (including phenoxy) is 1. The van der Waals surface area contributed by atoms with Crippen LogP contribution in [0.15, 0.2) is 41.6 Å². The van der Waals surface area contributed by atoms with Gasteiger partial charge in [0.15, 0.2) is 0 Å². The summed E-state index contributed by atoms with van der Waals surface area (Å²) >= 11 is 0. The number of benzene rings is 1. The molecule has 1 aromatic carbocycles. The van der Waals surface area contributed by atoms with E-state index in [1.54, 1.807) is 18.3 Å². The minimum absolute atomic E-state index is 0.135. The Kier molecular flexibility index (Phi) is 4.65. The average Bonchev–Trinajstić information content (AvgIpc) is 3.00. The van der Waals surface area contributed by atoms with Crippen LogP contribution >= 0.6 is 0 Å². The highest BCUT2D eigenvalue weighted by molar-refractivity contribution is 7.89. The van der Waals surface area contributed by atoms with E-state index in [9.17, 15) is 13.2 Å². The summed E-state index contributed by atoms with van der Waals surface area (Å²) < 4.78 is 34.8. The third-order valence-electron chi connectivity index (χ3n) is 3.64. The van der Waals surface area contributed by atoms with Crippen molar-refractivity contribution < 1.29 is 17.9 Å². The molecule has 2 N–H and O–H groups in total. The third-order valence-corrected chi connectivity index (χ3v) is 5.08. The van der Waals surface area contributed by atoms with Gasteiger partial charge in [-0.15, -0.1) is 0 Å². The number of anilines is 1. The van der Waals surface area contributed by atoms with Gasteiger partial charge in [-0.3, -0.25) is 4.79 Å². The Hall–Kier alpha value is -2.23. The lowest BCUT2D eigenvalue weighted by Gasteiger charge is -2.24. The zero-order valence-electron chi connectivity index (χ0n) is 13.1. The predicted molar refractivity (Wildman–Crippen MR) is 86.7 cm³/mol. The Morgan fingerprint density at radius 3 is 2.83 bits per heavy atom. The van der Waals surface area contributed by atoms with E-state index in [1.807, 2.05) is 10.8 Å². The van der Waals surface area contributed by atoms with E-state index in [2.05, 4.69) is 15.0 Å². The molecule has 128 valence electrons. The van der Waals surface area contributed by atoms with E-state index in [0.29, 0.717) is 18.8 Å². The minimum Gasteiger partial charge on any atom is -0.367 e. The van der Waals surface area contributed by atoms with Crippen LogP contribution in [-0.2, 0) is 32.7 Å². The van der Waals surface area contributed by atoms with E-state index in [4.69, 9.17) is 4.74 Å². The summed E-state index contributed by atoms with van der Waals surface area (Å²) in [7, 11) is -3.64. The molecule has 0 saturated heterocycles. The maximum atomic E-state index is 12.3. The summed E-state index contributed by atoms with van der Waals surface area (Å²) in [6, 6.07) is 5.99. The van der Waals surface area contributed by atoms with Crippen molar-refractivity contribution in [2.45, 2.75) is 31.1 Å². The van der Waals surface area contributed by atoms with Crippen LogP contribution in [0.2, 0.25) is 0 Å². The van der Waals surface area contributed by atoms with Crippen LogP contribution in [-0.4, -0.2) is 36.5 Å². The predicted octanol–water partition coefficient (Wildman–Crippen LogP) is 0.719. The summed E-state index contributed by atoms with van der Waals surface area (Å²) in [4.78, 5) is 15.3. The molecule has 0 unspecified atom stereocenters. The molecule has 0 aliphatic carbocycles. The molecule has 0 spiro atoms. The van der Waals surface area contributed by atoms with Gasteiger partial charge in [-0.2, -0.15) is 0 Å². The summed E-state index contributed by atoms with van der Waals surface area (Å²) in [6.07, 6.45) is 3.29. The summed E-state index contributed by atoms with van der Waals surface area (Å²) in [6.45, 7) is 2.49. The molecule has 1 aliphatic rings. The molecule has 0 bridgehead atoms. The lowest BCUT2D eigenvalue weighted by molar-refractivity contribution is -0.114. The van der Waals surface area contributed by atoms with Crippen LogP contribution in [0.1, 0.15) is 12.7 Å². The summed E-state index contributed by atoms with van der Waals surface area (Å²) in [5, 5.41) is 2.59. The van der Waals surface area contributed by atoms with Crippen molar-refractivity contribution in [1.29, 1.82) is 0 Å². The molecular formula is C15H18N4O4S. The number of amides is 1. The molecule has 1 aromatic heterocycles. The van der Waals surface area contributed by atoms with Crippen LogP contribution in [0.4, 0.5) is 5.69 Å². The van der Waals surface area contributed by atoms with Crippen LogP contribution in [0.25, 0.3) is 0 Å². The Labute approximate surface area is 139 Å². The first-order valence-electron chi connectivity index (χ1n) is 7.43. The molecule has 1 amide bonds. The van der Waals surface area contributed by atoms with Crippen LogP contribution < -0.4 is 10.0 Å². The summed E-state index contributed by atoms with van der Waals surface area (Å²) in [5.74, 6) is 0.625. The fraction of sp³-hybridized carbons (Fsp3) is 0.333. The Morgan fingerprint density at radius 2 is 2.12 bits per heavy atom. The topological polar surface area (TPSA) is 102 Å². The number of imidazole rings is 1. The fourth-order valence-corrected chi connectivity index (χ4v) is 3.51. The number of nitrogens with one attached hydrogen (secondary N) is 2. The van der Waals surface area contributed by atoms with E-state index in [-0.39, 0.29) is 23.5 Å². The smallest absolute Gasteiger partial charge is 0.240 e. The molecule has 0 fully saturated rings. The number of aromatic nitrogens is 2. The SMILES string of the molecule is CC(=O)Nc1ccc(S(=O)(=O)NC[C@H]2Cn3ccnc3CO2)cc1. The highest BCUT2D eigenvalue weighted by atomic mass is 32.2. The maximum absolute atomic E-state index is 12.3. The number of carbonyl (C=O) groups excluding carboxylic acids is 1. The molecular weight excluding hydrogens is 332 g/mol. The number of fused-ring (bicyclic) bond motifs is 1. The monoisotopic (exact) mass is 350 g/mol. The molecule has 8 nitrogen and oxygen atoms in total. The van der Waals surface area contributed by atoms with Gasteiger partial charge >= 0.3 is 0 Å². The molecule has 24 heavy (non-hydrogen) atoms. The van der Waals surface area contributed by atoms with Gasteiger partial charge in [-0.25, -0.2) is 18.1 Å². The first kappa shape index (κ1) is 16.6. The van der Waals surface area contributed by atoms with Crippen LogP contribution in [0.3, 0.4) is 0 Å². The van der Waals surface area contributed by atoms with E-state index < -0.39 is 10.0 Å². The van der Waals surface area contributed by atoms with Gasteiger partial charge in [0.2, 0.25) is 15.9 Å². The highest BCUT2D eigenvalue weighted by Gasteiger charge is 2.22. The van der Waals surface area contributed by atoms with Gasteiger partial charge in [-0.1, -0.05) is 0 Å². The Bertz CT molecular complexity index is 829. The maximum Gasteiger partial charge on any atom is 0.240 e. The second-order valence-electron chi connectivity index (χ2n) is 5.49. The van der Waals surface area contributed by atoms with Gasteiger partial charge in [0.25, 0.3) is 0 Å². The average molecular weight is 350 g/mol. The second-order valence-corrected chi connectivity index (χ2v) is 7.25. The number of nitrogens with zero attached hydrogens (tertiary/aromatic N) is 2. The number of rotatable bonds is 5. The van der Waals surface area contributed by atoms with Gasteiger partial charge in [0.1, 0.15) is 12.4 Å². The second kappa shape index (κ2) is 6.71. The lowest BCUT2D eigenvalue weighted by Crippen LogP contribution is -2.38. The van der Waals surface area contributed by atoms with Crippen molar-refractivity contribution >= 4 is 21.6 Å². The summed E-state index contributed by atoms with van der Waals surface area (Å²) in [5.41, 5.74) is 0.546. The molecule has 1 aliphatic heterocycles. The normalized spacial score (nSPS) is 17.3. The van der Waals surface area contributed by atoms with E-state index >= 15 is 0 Å². The number of hydrogen-bond acceptors (Lipinski definition) is 5. The van der Waals surface area contributed by atoms with Gasteiger partial charge in [0.05, 0.1) is 17.5 Å².